The van der Waals surface area contributed by atoms with Gasteiger partial charge in [-0.1, -0.05) is 30.9 Å². The number of likely N-dealkylation sites (N-methyl/N-ethyl adjacent to an activating group) is 1. The summed E-state index contributed by atoms with van der Waals surface area (Å²) in [7, 11) is 1.32. The molecule has 106 valence electrons. The third kappa shape index (κ3) is 3.96. The summed E-state index contributed by atoms with van der Waals surface area (Å²) in [5, 5.41) is 2.10. The number of imide groups is 2. The first-order valence-electron chi connectivity index (χ1n) is 5.84. The molecule has 0 aromatic heterocycles. The second-order valence-electron chi connectivity index (χ2n) is 3.94. The molecule has 6 heteroatoms. The molecule has 0 bridgehead atoms. The van der Waals surface area contributed by atoms with E-state index in [1.54, 1.807) is 30.0 Å². The average molecular weight is 292 g/mol. The van der Waals surface area contributed by atoms with Crippen molar-refractivity contribution in [3.8, 4) is 0 Å². The summed E-state index contributed by atoms with van der Waals surface area (Å²) in [5.74, 6) is -0.491. The number of nitrogens with one attached hydrogen (secondary N) is 1. The number of hydrogen-bond acceptors (Lipinski definition) is 4. The first kappa shape index (κ1) is 16.0. The minimum absolute atomic E-state index is 0.0750. The van der Waals surface area contributed by atoms with Gasteiger partial charge in [-0.2, -0.15) is 11.8 Å². The van der Waals surface area contributed by atoms with Crippen LogP contribution in [0.4, 0.5) is 4.79 Å². The number of carbonyl (C=O) groups is 3. The van der Waals surface area contributed by atoms with E-state index in [1.807, 2.05) is 12.3 Å². The lowest BCUT2D eigenvalue weighted by Gasteiger charge is -2.22. The molecule has 20 heavy (non-hydrogen) atoms. The van der Waals surface area contributed by atoms with Crippen LogP contribution in [0, 0.1) is 0 Å². The molecular weight excluding hydrogens is 276 g/mol. The predicted molar refractivity (Wildman–Crippen MR) is 80.2 cm³/mol. The summed E-state index contributed by atoms with van der Waals surface area (Å²) >= 11 is 1.65. The molecule has 1 N–H and O–H groups in total. The third-order valence-electron chi connectivity index (χ3n) is 2.50. The van der Waals surface area contributed by atoms with Gasteiger partial charge < -0.3 is 0 Å². The van der Waals surface area contributed by atoms with E-state index in [1.165, 1.54) is 13.1 Å². The Morgan fingerprint density at radius 3 is 2.70 bits per heavy atom. The zero-order chi connectivity index (χ0) is 15.1. The molecule has 0 atom stereocenters. The molecule has 1 aliphatic heterocycles. The van der Waals surface area contributed by atoms with Crippen LogP contribution in [0.3, 0.4) is 0 Å². The first-order chi connectivity index (χ1) is 9.51. The smallest absolute Gasteiger partial charge is 0.273 e. The number of allylic oxidation sites excluding steroid dienone is 5. The quantitative estimate of drug-likeness (QED) is 0.475. The van der Waals surface area contributed by atoms with E-state index in [2.05, 4.69) is 11.9 Å². The van der Waals surface area contributed by atoms with Gasteiger partial charge in [-0.05, 0) is 17.9 Å². The number of carbonyl (C=O) groups excluding carboxylic acids is 3. The van der Waals surface area contributed by atoms with E-state index >= 15 is 0 Å². The molecule has 1 rings (SSSR count). The predicted octanol–water partition coefficient (Wildman–Crippen LogP) is 1.65. The summed E-state index contributed by atoms with van der Waals surface area (Å²) in [6.07, 6.45) is 10.4. The molecular formula is C14H16N2O3S. The van der Waals surface area contributed by atoms with Gasteiger partial charge in [0, 0.05) is 12.8 Å². The second-order valence-corrected chi connectivity index (χ2v) is 4.85. The standard InChI is InChI=1S/C14H16N2O3S/c1-4-6-10(7-5-8-20-3)9-11-12(17)15-14(19)16(2)13(11)18/h4-7,9H,1,8H2,2-3H3,(H,15,17,19)/b7-5+,10-6+,11-9-. The van der Waals surface area contributed by atoms with Crippen LogP contribution in [-0.2, 0) is 9.59 Å². The van der Waals surface area contributed by atoms with Gasteiger partial charge in [0.1, 0.15) is 5.57 Å². The number of hydrogen-bond donors (Lipinski definition) is 1. The van der Waals surface area contributed by atoms with Crippen molar-refractivity contribution in [2.45, 2.75) is 0 Å². The second kappa shape index (κ2) is 7.49. The summed E-state index contributed by atoms with van der Waals surface area (Å²) in [4.78, 5) is 35.8. The summed E-state index contributed by atoms with van der Waals surface area (Å²) in [6.45, 7) is 3.59. The maximum Gasteiger partial charge on any atom is 0.331 e. The minimum atomic E-state index is -0.718. The Balaban J connectivity index is 3.07. The molecule has 0 spiro atoms. The molecule has 4 amide bonds. The van der Waals surface area contributed by atoms with Crippen molar-refractivity contribution in [1.29, 1.82) is 0 Å². The highest BCUT2D eigenvalue weighted by Crippen LogP contribution is 2.12. The SMILES string of the molecule is C=C/C=C(/C=C1/C(=O)NC(=O)N(C)C1=O)\C=C\CSC. The summed E-state index contributed by atoms with van der Waals surface area (Å²) < 4.78 is 0. The van der Waals surface area contributed by atoms with E-state index in [4.69, 9.17) is 0 Å². The fourth-order valence-corrected chi connectivity index (χ4v) is 1.77. The van der Waals surface area contributed by atoms with Crippen molar-refractivity contribution in [3.05, 3.63) is 48.1 Å². The normalized spacial score (nSPS) is 18.9. The van der Waals surface area contributed by atoms with Gasteiger partial charge in [-0.15, -0.1) is 0 Å². The van der Waals surface area contributed by atoms with Crippen LogP contribution in [-0.4, -0.2) is 41.8 Å². The topological polar surface area (TPSA) is 66.5 Å². The Morgan fingerprint density at radius 2 is 2.10 bits per heavy atom. The number of barbiturate groups is 1. The molecule has 1 heterocycles. The Morgan fingerprint density at radius 1 is 1.40 bits per heavy atom. The number of thioether (sulfide) groups is 1. The van der Waals surface area contributed by atoms with Gasteiger partial charge in [0.2, 0.25) is 0 Å². The molecule has 0 saturated carbocycles. The van der Waals surface area contributed by atoms with Crippen LogP contribution in [0.15, 0.2) is 48.1 Å². The lowest BCUT2D eigenvalue weighted by molar-refractivity contribution is -0.129. The van der Waals surface area contributed by atoms with Gasteiger partial charge in [0.05, 0.1) is 0 Å². The summed E-state index contributed by atoms with van der Waals surface area (Å²) in [5.41, 5.74) is 0.587. The van der Waals surface area contributed by atoms with Crippen molar-refractivity contribution in [2.75, 3.05) is 19.1 Å². The Labute approximate surface area is 122 Å². The van der Waals surface area contributed by atoms with Gasteiger partial charge in [0.15, 0.2) is 0 Å². The number of rotatable bonds is 5. The minimum Gasteiger partial charge on any atom is -0.273 e. The fraction of sp³-hybridized carbons (Fsp3) is 0.214. The van der Waals surface area contributed by atoms with Crippen molar-refractivity contribution < 1.29 is 14.4 Å². The maximum atomic E-state index is 11.9. The van der Waals surface area contributed by atoms with Gasteiger partial charge in [0.25, 0.3) is 11.8 Å². The highest BCUT2D eigenvalue weighted by molar-refractivity contribution is 7.98. The third-order valence-corrected chi connectivity index (χ3v) is 3.03. The average Bonchev–Trinajstić information content (AvgIpc) is 2.41. The molecule has 0 aliphatic carbocycles. The van der Waals surface area contributed by atoms with E-state index in [9.17, 15) is 14.4 Å². The van der Waals surface area contributed by atoms with Gasteiger partial charge in [-0.3, -0.25) is 19.8 Å². The zero-order valence-corrected chi connectivity index (χ0v) is 12.2. The summed E-state index contributed by atoms with van der Waals surface area (Å²) in [6, 6.07) is -0.718. The molecule has 1 saturated heterocycles. The fourth-order valence-electron chi connectivity index (χ4n) is 1.48. The van der Waals surface area contributed by atoms with Crippen LogP contribution in [0.2, 0.25) is 0 Å². The molecule has 0 unspecified atom stereocenters. The van der Waals surface area contributed by atoms with E-state index in [-0.39, 0.29) is 5.57 Å². The van der Waals surface area contributed by atoms with Crippen molar-refractivity contribution in [1.82, 2.24) is 10.2 Å². The van der Waals surface area contributed by atoms with Crippen molar-refractivity contribution in [2.24, 2.45) is 0 Å². The first-order valence-corrected chi connectivity index (χ1v) is 7.24. The van der Waals surface area contributed by atoms with Gasteiger partial charge >= 0.3 is 6.03 Å². The monoisotopic (exact) mass is 292 g/mol. The van der Waals surface area contributed by atoms with Crippen LogP contribution in [0.5, 0.6) is 0 Å². The highest BCUT2D eigenvalue weighted by Gasteiger charge is 2.32. The lowest BCUT2D eigenvalue weighted by Crippen LogP contribution is -2.52. The van der Waals surface area contributed by atoms with E-state index in [0.717, 1.165) is 10.7 Å². The Kier molecular flexibility index (Phi) is 5.99. The lowest BCUT2D eigenvalue weighted by atomic mass is 10.1. The molecule has 0 aromatic carbocycles. The zero-order valence-electron chi connectivity index (χ0n) is 11.4. The molecule has 1 fully saturated rings. The van der Waals surface area contributed by atoms with Crippen LogP contribution in [0.1, 0.15) is 0 Å². The van der Waals surface area contributed by atoms with Crippen LogP contribution in [0.25, 0.3) is 0 Å². The van der Waals surface area contributed by atoms with Crippen LogP contribution >= 0.6 is 11.8 Å². The molecule has 5 nitrogen and oxygen atoms in total. The maximum absolute atomic E-state index is 11.9. The largest absolute Gasteiger partial charge is 0.331 e. The Hall–Kier alpha value is -2.08. The van der Waals surface area contributed by atoms with Crippen molar-refractivity contribution >= 4 is 29.6 Å². The van der Waals surface area contributed by atoms with Gasteiger partial charge in [-0.25, -0.2) is 4.79 Å². The highest BCUT2D eigenvalue weighted by atomic mass is 32.2. The van der Waals surface area contributed by atoms with E-state index in [0.29, 0.717) is 5.57 Å². The Bertz CT molecular complexity index is 533. The number of amides is 4. The molecule has 0 radical (unpaired) electrons. The molecule has 0 aromatic rings. The molecule has 1 aliphatic rings. The van der Waals surface area contributed by atoms with Crippen molar-refractivity contribution in [3.63, 3.8) is 0 Å². The van der Waals surface area contributed by atoms with Crippen LogP contribution < -0.4 is 5.32 Å². The van der Waals surface area contributed by atoms with E-state index < -0.39 is 17.8 Å². The number of nitrogens with zero attached hydrogens (tertiary/aromatic N) is 1. The number of urea groups is 1.